The van der Waals surface area contributed by atoms with Gasteiger partial charge in [0, 0.05) is 19.3 Å². The van der Waals surface area contributed by atoms with Gasteiger partial charge in [-0.05, 0) is 116 Å². The predicted molar refractivity (Wildman–Crippen MR) is 270 cm³/mol. The van der Waals surface area contributed by atoms with Gasteiger partial charge in [-0.25, -0.2) is 0 Å². The van der Waals surface area contributed by atoms with Crippen molar-refractivity contribution in [2.24, 2.45) is 0 Å². The van der Waals surface area contributed by atoms with Crippen molar-refractivity contribution >= 4 is 17.9 Å². The van der Waals surface area contributed by atoms with Gasteiger partial charge in [-0.3, -0.25) is 14.4 Å². The molecule has 0 saturated heterocycles. The Balaban J connectivity index is 4.49. The normalized spacial score (nSPS) is 13.0. The molecule has 0 aromatic rings. The second-order valence-electron chi connectivity index (χ2n) is 16.3. The fourth-order valence-corrected chi connectivity index (χ4v) is 6.54. The van der Waals surface area contributed by atoms with Crippen molar-refractivity contribution in [3.63, 3.8) is 0 Å². The second-order valence-corrected chi connectivity index (χ2v) is 16.3. The highest BCUT2D eigenvalue weighted by atomic mass is 16.6. The molecule has 356 valence electrons. The molecule has 0 amide bonds. The fraction of sp³-hybridized carbons (Fsp3) is 0.632. The number of unbranched alkanes of at least 4 members (excludes halogenated alkanes) is 15. The molecule has 0 fully saturated rings. The first kappa shape index (κ1) is 59.1. The van der Waals surface area contributed by atoms with Crippen LogP contribution in [0.2, 0.25) is 0 Å². The molecule has 63 heavy (non-hydrogen) atoms. The van der Waals surface area contributed by atoms with Gasteiger partial charge < -0.3 is 14.2 Å². The topological polar surface area (TPSA) is 78.9 Å². The maximum absolute atomic E-state index is 12.8. The molecule has 1 unspecified atom stereocenters. The number of esters is 3. The first-order valence-corrected chi connectivity index (χ1v) is 25.4. The number of carbonyl (C=O) groups excluding carboxylic acids is 3. The zero-order valence-corrected chi connectivity index (χ0v) is 40.5. The molecule has 0 aromatic heterocycles. The molecule has 0 aromatic carbocycles. The van der Waals surface area contributed by atoms with Gasteiger partial charge in [0.05, 0.1) is 0 Å². The second kappa shape index (κ2) is 50.7. The molecule has 0 aliphatic carbocycles. The highest BCUT2D eigenvalue weighted by molar-refractivity contribution is 5.71. The van der Waals surface area contributed by atoms with Crippen LogP contribution in [0.15, 0.2) is 109 Å². The molecule has 0 bridgehead atoms. The number of rotatable bonds is 44. The van der Waals surface area contributed by atoms with Gasteiger partial charge in [0.25, 0.3) is 0 Å². The number of allylic oxidation sites excluding steroid dienone is 18. The molecule has 0 saturated carbocycles. The molecule has 0 aliphatic heterocycles. The third-order valence-corrected chi connectivity index (χ3v) is 10.3. The zero-order valence-electron chi connectivity index (χ0n) is 40.5. The SMILES string of the molecule is CC/C=C\C/C=C\C/C=C\CCCCCCCC(=O)OCC(COC(=O)CCCCCCC/C=C\C/C=C\C/C=C/CC)OC(=O)CCCCCCC/C=C\C/C=C\C/C=C/CC. The van der Waals surface area contributed by atoms with E-state index in [1.807, 2.05) is 0 Å². The predicted octanol–water partition coefficient (Wildman–Crippen LogP) is 16.8. The van der Waals surface area contributed by atoms with Crippen LogP contribution in [-0.4, -0.2) is 37.2 Å². The van der Waals surface area contributed by atoms with Gasteiger partial charge in [0.2, 0.25) is 0 Å². The summed E-state index contributed by atoms with van der Waals surface area (Å²) in [5.41, 5.74) is 0. The van der Waals surface area contributed by atoms with Crippen LogP contribution in [-0.2, 0) is 28.6 Å². The minimum atomic E-state index is -0.803. The van der Waals surface area contributed by atoms with E-state index in [9.17, 15) is 14.4 Å². The van der Waals surface area contributed by atoms with Gasteiger partial charge in [-0.1, -0.05) is 188 Å². The first-order chi connectivity index (χ1) is 31.0. The van der Waals surface area contributed by atoms with E-state index in [2.05, 4.69) is 130 Å². The van der Waals surface area contributed by atoms with E-state index < -0.39 is 6.10 Å². The lowest BCUT2D eigenvalue weighted by atomic mass is 10.1. The van der Waals surface area contributed by atoms with Crippen LogP contribution < -0.4 is 0 Å². The van der Waals surface area contributed by atoms with Crippen molar-refractivity contribution in [1.29, 1.82) is 0 Å². The summed E-state index contributed by atoms with van der Waals surface area (Å²) in [6, 6.07) is 0. The van der Waals surface area contributed by atoms with Crippen LogP contribution in [0.25, 0.3) is 0 Å². The van der Waals surface area contributed by atoms with E-state index in [1.165, 1.54) is 0 Å². The summed E-state index contributed by atoms with van der Waals surface area (Å²) < 4.78 is 16.8. The molecule has 1 atom stereocenters. The average molecular weight is 873 g/mol. The Kier molecular flexibility index (Phi) is 47.5. The maximum atomic E-state index is 12.8. The summed E-state index contributed by atoms with van der Waals surface area (Å²) in [5, 5.41) is 0. The van der Waals surface area contributed by atoms with Crippen molar-refractivity contribution in [2.45, 2.75) is 219 Å². The molecule has 0 aliphatic rings. The zero-order chi connectivity index (χ0) is 45.8. The third-order valence-electron chi connectivity index (χ3n) is 10.3. The molecular formula is C57H92O6. The highest BCUT2D eigenvalue weighted by Crippen LogP contribution is 2.13. The Morgan fingerprint density at radius 3 is 0.889 bits per heavy atom. The van der Waals surface area contributed by atoms with Crippen molar-refractivity contribution in [2.75, 3.05) is 13.2 Å². The first-order valence-electron chi connectivity index (χ1n) is 25.4. The minimum Gasteiger partial charge on any atom is -0.462 e. The number of hydrogen-bond acceptors (Lipinski definition) is 6. The molecule has 6 heteroatoms. The Morgan fingerprint density at radius 2 is 0.571 bits per heavy atom. The van der Waals surface area contributed by atoms with E-state index in [-0.39, 0.29) is 31.1 Å². The summed E-state index contributed by atoms with van der Waals surface area (Å²) >= 11 is 0. The van der Waals surface area contributed by atoms with E-state index in [4.69, 9.17) is 14.2 Å². The minimum absolute atomic E-state index is 0.102. The third kappa shape index (κ3) is 49.0. The van der Waals surface area contributed by atoms with E-state index in [1.54, 1.807) is 0 Å². The quantitative estimate of drug-likeness (QED) is 0.0263. The maximum Gasteiger partial charge on any atom is 0.306 e. The smallest absolute Gasteiger partial charge is 0.306 e. The monoisotopic (exact) mass is 873 g/mol. The Labute approximate surface area is 387 Å². The van der Waals surface area contributed by atoms with Gasteiger partial charge in [-0.15, -0.1) is 0 Å². The number of ether oxygens (including phenoxy) is 3. The van der Waals surface area contributed by atoms with Gasteiger partial charge in [0.15, 0.2) is 6.10 Å². The molecule has 0 spiro atoms. The lowest BCUT2D eigenvalue weighted by Gasteiger charge is -2.18. The summed E-state index contributed by atoms with van der Waals surface area (Å²) in [7, 11) is 0. The lowest BCUT2D eigenvalue weighted by molar-refractivity contribution is -0.167. The van der Waals surface area contributed by atoms with Crippen LogP contribution in [0.3, 0.4) is 0 Å². The van der Waals surface area contributed by atoms with E-state index >= 15 is 0 Å². The van der Waals surface area contributed by atoms with Crippen LogP contribution >= 0.6 is 0 Å². The lowest BCUT2D eigenvalue weighted by Crippen LogP contribution is -2.30. The van der Waals surface area contributed by atoms with Gasteiger partial charge >= 0.3 is 17.9 Å². The van der Waals surface area contributed by atoms with E-state index in [0.717, 1.165) is 173 Å². The molecule has 0 heterocycles. The van der Waals surface area contributed by atoms with Crippen LogP contribution in [0.4, 0.5) is 0 Å². The largest absolute Gasteiger partial charge is 0.462 e. The number of hydrogen-bond donors (Lipinski definition) is 0. The van der Waals surface area contributed by atoms with Crippen molar-refractivity contribution < 1.29 is 28.6 Å². The Bertz CT molecular complexity index is 1260. The van der Waals surface area contributed by atoms with Crippen molar-refractivity contribution in [3.8, 4) is 0 Å². The van der Waals surface area contributed by atoms with Gasteiger partial charge in [0.1, 0.15) is 13.2 Å². The van der Waals surface area contributed by atoms with Crippen molar-refractivity contribution in [1.82, 2.24) is 0 Å². The summed E-state index contributed by atoms with van der Waals surface area (Å²) in [5.74, 6) is -0.958. The van der Waals surface area contributed by atoms with Crippen LogP contribution in [0, 0.1) is 0 Å². The molecule has 0 rings (SSSR count). The molecule has 0 N–H and O–H groups in total. The molecular weight excluding hydrogens is 781 g/mol. The van der Waals surface area contributed by atoms with Crippen molar-refractivity contribution in [3.05, 3.63) is 109 Å². The fourth-order valence-electron chi connectivity index (χ4n) is 6.54. The Morgan fingerprint density at radius 1 is 0.317 bits per heavy atom. The van der Waals surface area contributed by atoms with Crippen LogP contribution in [0.1, 0.15) is 213 Å². The van der Waals surface area contributed by atoms with Gasteiger partial charge in [-0.2, -0.15) is 0 Å². The summed E-state index contributed by atoms with van der Waals surface area (Å²) in [6.45, 7) is 6.24. The Hall–Kier alpha value is -3.93. The number of carbonyl (C=O) groups is 3. The summed E-state index contributed by atoms with van der Waals surface area (Å²) in [6.07, 6.45) is 67.8. The molecule has 6 nitrogen and oxygen atoms in total. The molecule has 0 radical (unpaired) electrons. The standard InChI is InChI=1S/C57H92O6/c1-4-7-10-13-16-19-22-25-28-31-34-37-40-43-46-49-55(58)61-52-54(63-57(60)51-48-45-42-39-36-33-30-27-24-21-18-15-12-9-6-3)53-62-56(59)50-47-44-41-38-35-32-29-26-23-20-17-14-11-8-5-2/h7-12,16-21,25-30,54H,4-6,13-15,22-24,31-53H2,1-3H3/b10-7-,11-8+,12-9+,19-16-,20-17-,21-18-,28-25-,29-26-,30-27-. The average Bonchev–Trinajstić information content (AvgIpc) is 3.28. The van der Waals surface area contributed by atoms with E-state index in [0.29, 0.717) is 19.3 Å². The summed E-state index contributed by atoms with van der Waals surface area (Å²) in [4.78, 5) is 38.0. The highest BCUT2D eigenvalue weighted by Gasteiger charge is 2.19. The van der Waals surface area contributed by atoms with Crippen LogP contribution in [0.5, 0.6) is 0 Å².